The molecule has 0 aromatic heterocycles. The lowest BCUT2D eigenvalue weighted by Crippen LogP contribution is -2.37. The summed E-state index contributed by atoms with van der Waals surface area (Å²) in [5.41, 5.74) is 0. The van der Waals surface area contributed by atoms with Crippen molar-refractivity contribution in [1.29, 1.82) is 0 Å². The van der Waals surface area contributed by atoms with Crippen molar-refractivity contribution in [3.63, 3.8) is 0 Å². The lowest BCUT2D eigenvalue weighted by molar-refractivity contribution is -0.231. The second kappa shape index (κ2) is 15.7. The van der Waals surface area contributed by atoms with Gasteiger partial charge in [-0.2, -0.15) is 0 Å². The maximum Gasteiger partial charge on any atom is 0.306 e. The molecule has 0 aromatic carbocycles. The SMILES string of the molecule is COC(CO)OCC(CO)OC(COC(=O)CCC(=O)O)OCC(C)CO. The first-order chi connectivity index (χ1) is 12.9. The van der Waals surface area contributed by atoms with E-state index < -0.39 is 37.2 Å². The molecule has 0 aliphatic heterocycles. The Balaban J connectivity index is 4.60. The number of aliphatic hydroxyl groups excluding tert-OH is 3. The average molecular weight is 398 g/mol. The molecule has 0 aromatic rings. The Morgan fingerprint density at radius 3 is 2.07 bits per heavy atom. The predicted molar refractivity (Wildman–Crippen MR) is 89.6 cm³/mol. The molecule has 0 spiro atoms. The summed E-state index contributed by atoms with van der Waals surface area (Å²) in [7, 11) is 1.34. The van der Waals surface area contributed by atoms with Crippen molar-refractivity contribution < 1.29 is 53.7 Å². The lowest BCUT2D eigenvalue weighted by Gasteiger charge is -2.25. The zero-order valence-corrected chi connectivity index (χ0v) is 15.6. The van der Waals surface area contributed by atoms with E-state index in [1.165, 1.54) is 7.11 Å². The van der Waals surface area contributed by atoms with Gasteiger partial charge in [-0.15, -0.1) is 0 Å². The summed E-state index contributed by atoms with van der Waals surface area (Å²) in [5.74, 6) is -2.06. The highest BCUT2D eigenvalue weighted by Gasteiger charge is 2.21. The molecule has 0 heterocycles. The zero-order chi connectivity index (χ0) is 20.7. The largest absolute Gasteiger partial charge is 0.481 e. The fourth-order valence-electron chi connectivity index (χ4n) is 1.65. The number of carboxylic acid groups (broad SMARTS) is 1. The third-order valence-electron chi connectivity index (χ3n) is 3.23. The van der Waals surface area contributed by atoms with Crippen molar-refractivity contribution in [2.45, 2.75) is 38.4 Å². The lowest BCUT2D eigenvalue weighted by atomic mass is 10.2. The molecule has 4 unspecified atom stereocenters. The summed E-state index contributed by atoms with van der Waals surface area (Å²) in [6.45, 7) is 0.424. The first-order valence-corrected chi connectivity index (χ1v) is 8.47. The molecule has 0 fully saturated rings. The molecule has 11 heteroatoms. The van der Waals surface area contributed by atoms with Crippen molar-refractivity contribution in [2.75, 3.05) is 46.8 Å². The van der Waals surface area contributed by atoms with Gasteiger partial charge >= 0.3 is 11.9 Å². The maximum atomic E-state index is 11.5. The number of hydrogen-bond acceptors (Lipinski definition) is 10. The van der Waals surface area contributed by atoms with Gasteiger partial charge in [0.2, 0.25) is 0 Å². The normalized spacial score (nSPS) is 15.7. The number of aliphatic carboxylic acids is 1. The Morgan fingerprint density at radius 2 is 1.56 bits per heavy atom. The van der Waals surface area contributed by atoms with Gasteiger partial charge in [-0.1, -0.05) is 6.92 Å². The highest BCUT2D eigenvalue weighted by molar-refractivity contribution is 5.76. The minimum Gasteiger partial charge on any atom is -0.481 e. The number of aliphatic hydroxyl groups is 3. The van der Waals surface area contributed by atoms with Crippen molar-refractivity contribution >= 4 is 11.9 Å². The molecule has 4 atom stereocenters. The molecule has 160 valence electrons. The third-order valence-corrected chi connectivity index (χ3v) is 3.23. The standard InChI is InChI=1S/C16H30O11/c1-11(5-17)8-25-16(10-24-14(22)4-3-13(20)21)27-12(6-18)9-26-15(7-19)23-2/h11-12,15-19H,3-10H2,1-2H3,(H,20,21). The Labute approximate surface area is 157 Å². The van der Waals surface area contributed by atoms with Crippen LogP contribution in [-0.2, 0) is 33.3 Å². The second-order valence-corrected chi connectivity index (χ2v) is 5.75. The number of rotatable bonds is 17. The van der Waals surface area contributed by atoms with Crippen molar-refractivity contribution in [3.8, 4) is 0 Å². The Hall–Kier alpha value is -1.34. The van der Waals surface area contributed by atoms with Crippen LogP contribution in [0.25, 0.3) is 0 Å². The van der Waals surface area contributed by atoms with Crippen molar-refractivity contribution in [1.82, 2.24) is 0 Å². The van der Waals surface area contributed by atoms with E-state index >= 15 is 0 Å². The number of carboxylic acids is 1. The highest BCUT2D eigenvalue weighted by atomic mass is 16.7. The quantitative estimate of drug-likeness (QED) is 0.171. The fraction of sp³-hybridized carbons (Fsp3) is 0.875. The second-order valence-electron chi connectivity index (χ2n) is 5.75. The van der Waals surface area contributed by atoms with Gasteiger partial charge in [0, 0.05) is 19.6 Å². The number of ether oxygens (including phenoxy) is 5. The van der Waals surface area contributed by atoms with Crippen LogP contribution in [0.3, 0.4) is 0 Å². The van der Waals surface area contributed by atoms with E-state index in [2.05, 4.69) is 0 Å². The average Bonchev–Trinajstić information content (AvgIpc) is 2.67. The van der Waals surface area contributed by atoms with Crippen molar-refractivity contribution in [3.05, 3.63) is 0 Å². The van der Waals surface area contributed by atoms with Crippen LogP contribution >= 0.6 is 0 Å². The van der Waals surface area contributed by atoms with Crippen LogP contribution in [0.1, 0.15) is 19.8 Å². The van der Waals surface area contributed by atoms with Gasteiger partial charge in [-0.25, -0.2) is 0 Å². The van der Waals surface area contributed by atoms with Crippen molar-refractivity contribution in [2.24, 2.45) is 5.92 Å². The molecule has 0 saturated carbocycles. The van der Waals surface area contributed by atoms with Gasteiger partial charge in [-0.05, 0) is 0 Å². The Kier molecular flexibility index (Phi) is 14.9. The maximum absolute atomic E-state index is 11.5. The molecule has 4 N–H and O–H groups in total. The van der Waals surface area contributed by atoms with Gasteiger partial charge in [0.25, 0.3) is 0 Å². The van der Waals surface area contributed by atoms with Gasteiger partial charge in [0.1, 0.15) is 12.7 Å². The van der Waals surface area contributed by atoms with Crippen LogP contribution in [0.5, 0.6) is 0 Å². The minimum atomic E-state index is -1.12. The molecule has 0 aliphatic carbocycles. The summed E-state index contributed by atoms with van der Waals surface area (Å²) in [5, 5.41) is 36.0. The zero-order valence-electron chi connectivity index (χ0n) is 15.6. The van der Waals surface area contributed by atoms with Crippen LogP contribution in [-0.4, -0.2) is 97.8 Å². The van der Waals surface area contributed by atoms with E-state index in [1.807, 2.05) is 0 Å². The number of hydrogen-bond donors (Lipinski definition) is 4. The molecule has 0 amide bonds. The smallest absolute Gasteiger partial charge is 0.306 e. The van der Waals surface area contributed by atoms with Gasteiger partial charge in [0.15, 0.2) is 12.6 Å². The topological polar surface area (TPSA) is 161 Å². The van der Waals surface area contributed by atoms with E-state index in [0.29, 0.717) is 0 Å². The number of methoxy groups -OCH3 is 1. The Bertz CT molecular complexity index is 400. The first-order valence-electron chi connectivity index (χ1n) is 8.47. The minimum absolute atomic E-state index is 0.101. The van der Waals surface area contributed by atoms with E-state index in [4.69, 9.17) is 39.0 Å². The molecule has 0 saturated heterocycles. The monoisotopic (exact) mass is 398 g/mol. The van der Waals surface area contributed by atoms with Crippen LogP contribution in [0.15, 0.2) is 0 Å². The fourth-order valence-corrected chi connectivity index (χ4v) is 1.65. The molecule has 0 radical (unpaired) electrons. The molecular formula is C16H30O11. The van der Waals surface area contributed by atoms with E-state index in [1.54, 1.807) is 6.92 Å². The summed E-state index contributed by atoms with van der Waals surface area (Å²) in [6, 6.07) is 0. The molecule has 0 rings (SSSR count). The van der Waals surface area contributed by atoms with Crippen LogP contribution in [0.4, 0.5) is 0 Å². The molecule has 0 aliphatic rings. The summed E-state index contributed by atoms with van der Waals surface area (Å²) in [6.07, 6.45) is -3.47. The molecule has 27 heavy (non-hydrogen) atoms. The van der Waals surface area contributed by atoms with Gasteiger partial charge in [-0.3, -0.25) is 9.59 Å². The number of carbonyl (C=O) groups excluding carboxylic acids is 1. The van der Waals surface area contributed by atoms with E-state index in [9.17, 15) is 14.7 Å². The number of esters is 1. The molecular weight excluding hydrogens is 368 g/mol. The summed E-state index contributed by atoms with van der Waals surface area (Å²) in [4.78, 5) is 22.0. The highest BCUT2D eigenvalue weighted by Crippen LogP contribution is 2.08. The van der Waals surface area contributed by atoms with Crippen LogP contribution < -0.4 is 0 Å². The third kappa shape index (κ3) is 13.5. The first kappa shape index (κ1) is 25.7. The summed E-state index contributed by atoms with van der Waals surface area (Å²) < 4.78 is 25.9. The molecule has 11 nitrogen and oxygen atoms in total. The van der Waals surface area contributed by atoms with Gasteiger partial charge < -0.3 is 44.1 Å². The Morgan fingerprint density at radius 1 is 0.889 bits per heavy atom. The van der Waals surface area contributed by atoms with Gasteiger partial charge in [0.05, 0.1) is 39.3 Å². The predicted octanol–water partition coefficient (Wildman–Crippen LogP) is -1.28. The van der Waals surface area contributed by atoms with E-state index in [-0.39, 0.29) is 51.8 Å². The van der Waals surface area contributed by atoms with E-state index in [0.717, 1.165) is 0 Å². The van der Waals surface area contributed by atoms with Crippen LogP contribution in [0.2, 0.25) is 0 Å². The molecule has 0 bridgehead atoms. The number of carbonyl (C=O) groups is 2. The summed E-state index contributed by atoms with van der Waals surface area (Å²) >= 11 is 0. The van der Waals surface area contributed by atoms with Crippen LogP contribution in [0, 0.1) is 5.92 Å².